The van der Waals surface area contributed by atoms with Crippen molar-refractivity contribution in [3.05, 3.63) is 59.9 Å². The lowest BCUT2D eigenvalue weighted by atomic mass is 10.1. The van der Waals surface area contributed by atoms with Crippen molar-refractivity contribution in [1.82, 2.24) is 15.2 Å². The van der Waals surface area contributed by atoms with E-state index in [1.54, 1.807) is 0 Å². The normalized spacial score (nSPS) is 10.7. The van der Waals surface area contributed by atoms with Crippen molar-refractivity contribution in [1.29, 1.82) is 0 Å². The van der Waals surface area contributed by atoms with Crippen LogP contribution >= 0.6 is 12.4 Å². The third kappa shape index (κ3) is 2.73. The number of aryl methyl sites for hydroxylation is 2. The zero-order chi connectivity index (χ0) is 15.1. The van der Waals surface area contributed by atoms with Crippen LogP contribution in [0, 0.1) is 13.8 Å². The summed E-state index contributed by atoms with van der Waals surface area (Å²) in [5, 5.41) is 12.9. The highest BCUT2D eigenvalue weighted by Gasteiger charge is 2.10. The number of pyridine rings is 1. The van der Waals surface area contributed by atoms with Gasteiger partial charge in [-0.3, -0.25) is 10.1 Å². The Morgan fingerprint density at radius 1 is 1.00 bits per heavy atom. The average Bonchev–Trinajstić information content (AvgIpc) is 2.97. The van der Waals surface area contributed by atoms with Crippen LogP contribution in [0.1, 0.15) is 11.3 Å². The molecule has 0 radical (unpaired) electrons. The number of hydrogen-bond acceptors (Lipinski definition) is 3. The van der Waals surface area contributed by atoms with E-state index < -0.39 is 0 Å². The summed E-state index contributed by atoms with van der Waals surface area (Å²) < 4.78 is 0. The maximum Gasteiger partial charge on any atom is 0.0765 e. The second-order valence-corrected chi connectivity index (χ2v) is 5.60. The summed E-state index contributed by atoms with van der Waals surface area (Å²) in [5.74, 6) is 0. The molecule has 23 heavy (non-hydrogen) atoms. The van der Waals surface area contributed by atoms with E-state index in [-0.39, 0.29) is 12.4 Å². The van der Waals surface area contributed by atoms with Gasteiger partial charge in [0.1, 0.15) is 0 Å². The van der Waals surface area contributed by atoms with Crippen LogP contribution in [0.2, 0.25) is 0 Å². The van der Waals surface area contributed by atoms with Crippen molar-refractivity contribution in [2.24, 2.45) is 0 Å². The van der Waals surface area contributed by atoms with Crippen LogP contribution in [0.4, 0.5) is 11.4 Å². The first kappa shape index (κ1) is 15.3. The minimum Gasteiger partial charge on any atom is -0.355 e. The minimum atomic E-state index is 0. The lowest BCUT2D eigenvalue weighted by Crippen LogP contribution is -1.95. The van der Waals surface area contributed by atoms with Gasteiger partial charge in [0.2, 0.25) is 0 Å². The maximum absolute atomic E-state index is 4.63. The van der Waals surface area contributed by atoms with Crippen LogP contribution < -0.4 is 5.32 Å². The van der Waals surface area contributed by atoms with Crippen molar-refractivity contribution >= 4 is 45.6 Å². The molecular formula is C18H17ClN4. The number of H-pyrrole nitrogens is 1. The number of rotatable bonds is 2. The SMILES string of the molecule is Cc1ccc(Nc2cc(C)nc3ccc4cn[nH]c4c23)cc1.Cl. The van der Waals surface area contributed by atoms with E-state index in [2.05, 4.69) is 57.8 Å². The Morgan fingerprint density at radius 3 is 2.57 bits per heavy atom. The number of aromatic amines is 1. The predicted molar refractivity (Wildman–Crippen MR) is 97.8 cm³/mol. The van der Waals surface area contributed by atoms with Crippen LogP contribution in [0.25, 0.3) is 21.8 Å². The molecule has 2 N–H and O–H groups in total. The monoisotopic (exact) mass is 324 g/mol. The number of hydrogen-bond donors (Lipinski definition) is 2. The first-order valence-electron chi connectivity index (χ1n) is 7.28. The molecule has 0 saturated carbocycles. The van der Waals surface area contributed by atoms with Gasteiger partial charge in [-0.25, -0.2) is 0 Å². The maximum atomic E-state index is 4.63. The van der Waals surface area contributed by atoms with Crippen LogP contribution in [0.15, 0.2) is 48.7 Å². The van der Waals surface area contributed by atoms with Crippen molar-refractivity contribution in [2.45, 2.75) is 13.8 Å². The third-order valence-electron chi connectivity index (χ3n) is 3.85. The van der Waals surface area contributed by atoms with Crippen LogP contribution in [-0.4, -0.2) is 15.2 Å². The molecule has 0 aliphatic carbocycles. The van der Waals surface area contributed by atoms with E-state index in [1.807, 2.05) is 25.3 Å². The van der Waals surface area contributed by atoms with Gasteiger partial charge >= 0.3 is 0 Å². The highest BCUT2D eigenvalue weighted by atomic mass is 35.5. The van der Waals surface area contributed by atoms with Gasteiger partial charge in [0.15, 0.2) is 0 Å². The second-order valence-electron chi connectivity index (χ2n) is 5.60. The molecule has 2 aromatic carbocycles. The molecule has 5 heteroatoms. The molecule has 0 unspecified atom stereocenters. The van der Waals surface area contributed by atoms with E-state index in [0.717, 1.165) is 38.9 Å². The van der Waals surface area contributed by atoms with E-state index in [4.69, 9.17) is 0 Å². The summed E-state index contributed by atoms with van der Waals surface area (Å²) in [7, 11) is 0. The molecule has 116 valence electrons. The molecule has 0 aliphatic heterocycles. The van der Waals surface area contributed by atoms with E-state index >= 15 is 0 Å². The second kappa shape index (κ2) is 5.89. The largest absolute Gasteiger partial charge is 0.355 e. The predicted octanol–water partition coefficient (Wildman–Crippen LogP) is 4.89. The summed E-state index contributed by atoms with van der Waals surface area (Å²) in [6.07, 6.45) is 1.84. The Hall–Kier alpha value is -2.59. The molecular weight excluding hydrogens is 308 g/mol. The summed E-state index contributed by atoms with van der Waals surface area (Å²) in [6.45, 7) is 4.10. The first-order chi connectivity index (χ1) is 10.7. The molecule has 0 aliphatic rings. The zero-order valence-corrected chi connectivity index (χ0v) is 13.7. The summed E-state index contributed by atoms with van der Waals surface area (Å²) in [5.41, 5.74) is 6.32. The Labute approximate surface area is 140 Å². The van der Waals surface area contributed by atoms with E-state index in [9.17, 15) is 0 Å². The van der Waals surface area contributed by atoms with Crippen LogP contribution in [-0.2, 0) is 0 Å². The third-order valence-corrected chi connectivity index (χ3v) is 3.85. The lowest BCUT2D eigenvalue weighted by molar-refractivity contribution is 1.12. The molecule has 0 spiro atoms. The van der Waals surface area contributed by atoms with Crippen LogP contribution in [0.5, 0.6) is 0 Å². The molecule has 0 amide bonds. The van der Waals surface area contributed by atoms with E-state index in [1.165, 1.54) is 5.56 Å². The Bertz CT molecular complexity index is 974. The number of nitrogens with zero attached hydrogens (tertiary/aromatic N) is 2. The standard InChI is InChI=1S/C18H16N4.ClH/c1-11-3-6-14(7-4-11)21-16-9-12(2)20-15-8-5-13-10-19-22-18(13)17(15)16;/h3-10H,1-2H3,(H,19,22)(H,20,21);1H. The zero-order valence-electron chi connectivity index (χ0n) is 12.9. The number of nitrogens with one attached hydrogen (secondary N) is 2. The molecule has 0 bridgehead atoms. The Kier molecular flexibility index (Phi) is 3.92. The summed E-state index contributed by atoms with van der Waals surface area (Å²) in [4.78, 5) is 4.63. The molecule has 4 rings (SSSR count). The van der Waals surface area contributed by atoms with Gasteiger partial charge in [-0.1, -0.05) is 17.7 Å². The average molecular weight is 325 g/mol. The number of aromatic nitrogens is 3. The summed E-state index contributed by atoms with van der Waals surface area (Å²) in [6, 6.07) is 14.5. The minimum absolute atomic E-state index is 0. The highest BCUT2D eigenvalue weighted by Crippen LogP contribution is 2.31. The van der Waals surface area contributed by atoms with Gasteiger partial charge in [0.05, 0.1) is 22.9 Å². The molecule has 2 heterocycles. The van der Waals surface area contributed by atoms with Crippen molar-refractivity contribution in [2.75, 3.05) is 5.32 Å². The van der Waals surface area contributed by atoms with Gasteiger partial charge in [-0.15, -0.1) is 12.4 Å². The number of benzene rings is 2. The number of halogens is 1. The fourth-order valence-electron chi connectivity index (χ4n) is 2.76. The highest BCUT2D eigenvalue weighted by molar-refractivity contribution is 6.10. The van der Waals surface area contributed by atoms with Gasteiger partial charge in [-0.05, 0) is 44.2 Å². The summed E-state index contributed by atoms with van der Waals surface area (Å²) >= 11 is 0. The first-order valence-corrected chi connectivity index (χ1v) is 7.28. The van der Waals surface area contributed by atoms with Crippen molar-refractivity contribution in [3.63, 3.8) is 0 Å². The molecule has 0 fully saturated rings. The van der Waals surface area contributed by atoms with Gasteiger partial charge in [0.25, 0.3) is 0 Å². The molecule has 0 atom stereocenters. The van der Waals surface area contributed by atoms with Crippen molar-refractivity contribution in [3.8, 4) is 0 Å². The Balaban J connectivity index is 0.00000156. The molecule has 4 nitrogen and oxygen atoms in total. The lowest BCUT2D eigenvalue weighted by Gasteiger charge is -2.12. The number of anilines is 2. The van der Waals surface area contributed by atoms with Crippen molar-refractivity contribution < 1.29 is 0 Å². The Morgan fingerprint density at radius 2 is 1.78 bits per heavy atom. The topological polar surface area (TPSA) is 53.6 Å². The van der Waals surface area contributed by atoms with Crippen LogP contribution in [0.3, 0.4) is 0 Å². The molecule has 4 aromatic rings. The van der Waals surface area contributed by atoms with Gasteiger partial charge < -0.3 is 5.32 Å². The van der Waals surface area contributed by atoms with Gasteiger partial charge in [0, 0.05) is 22.2 Å². The molecule has 0 saturated heterocycles. The fraction of sp³-hybridized carbons (Fsp3) is 0.111. The fourth-order valence-corrected chi connectivity index (χ4v) is 2.76. The van der Waals surface area contributed by atoms with Gasteiger partial charge in [-0.2, -0.15) is 5.10 Å². The van der Waals surface area contributed by atoms with E-state index in [0.29, 0.717) is 0 Å². The molecule has 2 aromatic heterocycles. The quantitative estimate of drug-likeness (QED) is 0.551. The number of fused-ring (bicyclic) bond motifs is 3. The smallest absolute Gasteiger partial charge is 0.0765 e.